The van der Waals surface area contributed by atoms with Crippen molar-refractivity contribution >= 4 is 27.2 Å². The maximum Gasteiger partial charge on any atom is 0.262 e. The van der Waals surface area contributed by atoms with Crippen LogP contribution in [0.25, 0.3) is 0 Å². The maximum atomic E-state index is 12.6. The first-order chi connectivity index (χ1) is 8.84. The zero-order valence-electron chi connectivity index (χ0n) is 11.0. The summed E-state index contributed by atoms with van der Waals surface area (Å²) in [6.07, 6.45) is 3.97. The molecule has 1 unspecified atom stereocenters. The Hall–Kier alpha value is -0.990. The summed E-state index contributed by atoms with van der Waals surface area (Å²) in [6, 6.07) is -0.393. The molecule has 19 heavy (non-hydrogen) atoms. The molecule has 1 aliphatic heterocycles. The molecule has 2 rings (SSSR count). The van der Waals surface area contributed by atoms with Crippen LogP contribution in [-0.4, -0.2) is 39.8 Å². The van der Waals surface area contributed by atoms with Crippen LogP contribution in [0.3, 0.4) is 0 Å². The highest BCUT2D eigenvalue weighted by atomic mass is 32.2. The van der Waals surface area contributed by atoms with Gasteiger partial charge in [0.2, 0.25) is 0 Å². The second-order valence-electron chi connectivity index (χ2n) is 4.77. The molecular formula is C11H18N4O2S2. The second-order valence-corrected chi connectivity index (χ2v) is 7.08. The van der Waals surface area contributed by atoms with Crippen molar-refractivity contribution in [3.63, 3.8) is 0 Å². The van der Waals surface area contributed by atoms with Gasteiger partial charge in [0.05, 0.1) is 11.0 Å². The van der Waals surface area contributed by atoms with E-state index in [4.69, 9.17) is 18.0 Å². The minimum absolute atomic E-state index is 0.0654. The first-order valence-corrected chi connectivity index (χ1v) is 8.00. The van der Waals surface area contributed by atoms with Crippen molar-refractivity contribution in [1.29, 1.82) is 0 Å². The third-order valence-electron chi connectivity index (χ3n) is 3.44. The Morgan fingerprint density at radius 2 is 2.21 bits per heavy atom. The predicted molar refractivity (Wildman–Crippen MR) is 76.3 cm³/mol. The standard InChI is InChI=1S/C11H18N4O2S2/c1-8-13-10(7-14(8)2)19(16,17)15-6-4-3-5-9(15)11(12)18/h7,9H,3-6H2,1-2H3,(H2,12,18). The minimum Gasteiger partial charge on any atom is -0.392 e. The van der Waals surface area contributed by atoms with Crippen molar-refractivity contribution in [2.45, 2.75) is 37.3 Å². The van der Waals surface area contributed by atoms with Gasteiger partial charge in [-0.1, -0.05) is 18.6 Å². The SMILES string of the molecule is Cc1nc(S(=O)(=O)N2CCCCC2C(N)=S)cn1C. The van der Waals surface area contributed by atoms with E-state index in [-0.39, 0.29) is 10.0 Å². The number of nitrogens with zero attached hydrogens (tertiary/aromatic N) is 3. The number of aryl methyl sites for hydroxylation is 2. The third kappa shape index (κ3) is 2.65. The molecule has 1 aromatic rings. The van der Waals surface area contributed by atoms with Crippen molar-refractivity contribution in [1.82, 2.24) is 13.9 Å². The fraction of sp³-hybridized carbons (Fsp3) is 0.636. The molecule has 8 heteroatoms. The van der Waals surface area contributed by atoms with Crippen molar-refractivity contribution in [2.24, 2.45) is 12.8 Å². The monoisotopic (exact) mass is 302 g/mol. The van der Waals surface area contributed by atoms with E-state index in [1.165, 1.54) is 10.5 Å². The molecule has 0 saturated carbocycles. The molecule has 0 aromatic carbocycles. The first kappa shape index (κ1) is 14.4. The summed E-state index contributed by atoms with van der Waals surface area (Å²) in [5.74, 6) is 0.655. The average molecular weight is 302 g/mol. The number of sulfonamides is 1. The number of hydrogen-bond acceptors (Lipinski definition) is 4. The van der Waals surface area contributed by atoms with E-state index in [0.29, 0.717) is 18.8 Å². The Labute approximate surface area is 118 Å². The highest BCUT2D eigenvalue weighted by Crippen LogP contribution is 2.25. The van der Waals surface area contributed by atoms with Crippen LogP contribution in [0.4, 0.5) is 0 Å². The van der Waals surface area contributed by atoms with E-state index in [9.17, 15) is 8.42 Å². The van der Waals surface area contributed by atoms with Crippen LogP contribution in [-0.2, 0) is 17.1 Å². The fourth-order valence-corrected chi connectivity index (χ4v) is 4.26. The number of nitrogens with two attached hydrogens (primary N) is 1. The molecule has 0 spiro atoms. The molecule has 2 heterocycles. The summed E-state index contributed by atoms with van der Waals surface area (Å²) in [5.41, 5.74) is 5.67. The van der Waals surface area contributed by atoms with E-state index in [0.717, 1.165) is 12.8 Å². The summed E-state index contributed by atoms with van der Waals surface area (Å²) in [5, 5.41) is 0.0654. The largest absolute Gasteiger partial charge is 0.392 e. The summed E-state index contributed by atoms with van der Waals surface area (Å²) in [6.45, 7) is 2.21. The van der Waals surface area contributed by atoms with Crippen LogP contribution in [0.5, 0.6) is 0 Å². The van der Waals surface area contributed by atoms with Gasteiger partial charge in [0.15, 0.2) is 5.03 Å². The van der Waals surface area contributed by atoms with Crippen LogP contribution in [0.15, 0.2) is 11.2 Å². The number of hydrogen-bond donors (Lipinski definition) is 1. The Morgan fingerprint density at radius 3 is 2.74 bits per heavy atom. The van der Waals surface area contributed by atoms with Gasteiger partial charge in [0.25, 0.3) is 10.0 Å². The van der Waals surface area contributed by atoms with Gasteiger partial charge in [0.1, 0.15) is 5.82 Å². The lowest BCUT2D eigenvalue weighted by Gasteiger charge is -2.33. The molecule has 0 radical (unpaired) electrons. The van der Waals surface area contributed by atoms with Crippen molar-refractivity contribution in [3.05, 3.63) is 12.0 Å². The molecule has 6 nitrogen and oxygen atoms in total. The molecule has 0 bridgehead atoms. The molecular weight excluding hydrogens is 284 g/mol. The van der Waals surface area contributed by atoms with Gasteiger partial charge >= 0.3 is 0 Å². The second kappa shape index (κ2) is 5.18. The summed E-state index contributed by atoms with van der Waals surface area (Å²) in [4.78, 5) is 4.33. The van der Waals surface area contributed by atoms with Gasteiger partial charge in [-0.05, 0) is 19.8 Å². The normalized spacial score (nSPS) is 21.5. The first-order valence-electron chi connectivity index (χ1n) is 6.15. The molecule has 106 valence electrons. The van der Waals surface area contributed by atoms with Crippen LogP contribution < -0.4 is 5.73 Å². The van der Waals surface area contributed by atoms with Gasteiger partial charge in [-0.15, -0.1) is 0 Å². The maximum absolute atomic E-state index is 12.6. The zero-order valence-corrected chi connectivity index (χ0v) is 12.7. The number of thiocarbonyl (C=S) groups is 1. The minimum atomic E-state index is -3.62. The van der Waals surface area contributed by atoms with Gasteiger partial charge in [-0.2, -0.15) is 4.31 Å². The lowest BCUT2D eigenvalue weighted by atomic mass is 10.1. The summed E-state index contributed by atoms with van der Waals surface area (Å²) in [7, 11) is -1.86. The topological polar surface area (TPSA) is 81.2 Å². The van der Waals surface area contributed by atoms with Gasteiger partial charge in [-0.25, -0.2) is 13.4 Å². The lowest BCUT2D eigenvalue weighted by molar-refractivity contribution is 0.306. The Kier molecular flexibility index (Phi) is 3.93. The number of imidazole rings is 1. The molecule has 1 fully saturated rings. The van der Waals surface area contributed by atoms with E-state index in [2.05, 4.69) is 4.98 Å². The number of piperidine rings is 1. The molecule has 1 aromatic heterocycles. The van der Waals surface area contributed by atoms with E-state index >= 15 is 0 Å². The van der Waals surface area contributed by atoms with E-state index in [1.807, 2.05) is 0 Å². The van der Waals surface area contributed by atoms with Crippen molar-refractivity contribution in [2.75, 3.05) is 6.54 Å². The van der Waals surface area contributed by atoms with E-state index < -0.39 is 16.1 Å². The molecule has 1 saturated heterocycles. The van der Waals surface area contributed by atoms with Gasteiger partial charge in [0, 0.05) is 19.8 Å². The molecule has 0 aliphatic carbocycles. The molecule has 0 amide bonds. The van der Waals surface area contributed by atoms with Crippen LogP contribution in [0.2, 0.25) is 0 Å². The average Bonchev–Trinajstić information content (AvgIpc) is 2.70. The van der Waals surface area contributed by atoms with Crippen LogP contribution in [0.1, 0.15) is 25.1 Å². The summed E-state index contributed by atoms with van der Waals surface area (Å²) >= 11 is 4.99. The molecule has 1 atom stereocenters. The fourth-order valence-electron chi connectivity index (χ4n) is 2.25. The van der Waals surface area contributed by atoms with Crippen molar-refractivity contribution < 1.29 is 8.42 Å². The Morgan fingerprint density at radius 1 is 1.53 bits per heavy atom. The molecule has 1 aliphatic rings. The van der Waals surface area contributed by atoms with Gasteiger partial charge < -0.3 is 10.3 Å². The summed E-state index contributed by atoms with van der Waals surface area (Å²) < 4.78 is 28.3. The Balaban J connectivity index is 2.39. The highest BCUT2D eigenvalue weighted by molar-refractivity contribution is 7.89. The lowest BCUT2D eigenvalue weighted by Crippen LogP contribution is -2.49. The smallest absolute Gasteiger partial charge is 0.262 e. The van der Waals surface area contributed by atoms with Crippen LogP contribution in [0, 0.1) is 6.92 Å². The van der Waals surface area contributed by atoms with Crippen LogP contribution >= 0.6 is 12.2 Å². The zero-order chi connectivity index (χ0) is 14.2. The van der Waals surface area contributed by atoms with Gasteiger partial charge in [-0.3, -0.25) is 0 Å². The van der Waals surface area contributed by atoms with Crippen molar-refractivity contribution in [3.8, 4) is 0 Å². The molecule has 2 N–H and O–H groups in total. The third-order valence-corrected chi connectivity index (χ3v) is 5.49. The number of rotatable bonds is 3. The van der Waals surface area contributed by atoms with E-state index in [1.54, 1.807) is 18.5 Å². The number of aromatic nitrogens is 2. The predicted octanol–water partition coefficient (Wildman–Crippen LogP) is 0.558. The Bertz CT molecular complexity index is 574. The quantitative estimate of drug-likeness (QED) is 0.825. The highest BCUT2D eigenvalue weighted by Gasteiger charge is 2.36.